The Labute approximate surface area is 123 Å². The largest absolute Gasteiger partial charge is 0.382 e. The molecule has 1 aromatic carbocycles. The molecule has 1 aromatic rings. The van der Waals surface area contributed by atoms with Crippen molar-refractivity contribution in [3.8, 4) is 6.07 Å². The number of hydrogen-bond acceptors (Lipinski definition) is 4. The topological polar surface area (TPSA) is 99.2 Å². The number of primary amides is 1. The first kappa shape index (κ1) is 14.9. The summed E-state index contributed by atoms with van der Waals surface area (Å²) in [4.78, 5) is 23.9. The summed E-state index contributed by atoms with van der Waals surface area (Å²) in [6, 6.07) is 7.86. The second kappa shape index (κ2) is 6.27. The van der Waals surface area contributed by atoms with E-state index in [0.717, 1.165) is 24.1 Å². The van der Waals surface area contributed by atoms with E-state index in [1.54, 1.807) is 6.07 Å². The highest BCUT2D eigenvalue weighted by Gasteiger charge is 2.25. The lowest BCUT2D eigenvalue weighted by molar-refractivity contribution is -0.144. The van der Waals surface area contributed by atoms with Gasteiger partial charge in [-0.05, 0) is 37.5 Å². The van der Waals surface area contributed by atoms with Gasteiger partial charge in [-0.15, -0.1) is 0 Å². The molecule has 21 heavy (non-hydrogen) atoms. The number of anilines is 1. The third kappa shape index (κ3) is 3.51. The number of aryl methyl sites for hydroxylation is 1. The number of nitrogens with one attached hydrogen (secondary N) is 1. The Morgan fingerprint density at radius 3 is 2.62 bits per heavy atom. The van der Waals surface area contributed by atoms with Gasteiger partial charge >= 0.3 is 11.8 Å². The maximum Gasteiger partial charge on any atom is 0.311 e. The van der Waals surface area contributed by atoms with Gasteiger partial charge in [0.15, 0.2) is 0 Å². The number of nitriles is 1. The molecule has 1 fully saturated rings. The molecule has 0 unspecified atom stereocenters. The van der Waals surface area contributed by atoms with Gasteiger partial charge in [0, 0.05) is 24.8 Å². The normalized spacial score (nSPS) is 15.3. The summed E-state index contributed by atoms with van der Waals surface area (Å²) < 4.78 is 0. The van der Waals surface area contributed by atoms with Crippen LogP contribution in [-0.2, 0) is 9.59 Å². The van der Waals surface area contributed by atoms with Gasteiger partial charge in [-0.3, -0.25) is 9.59 Å². The number of amides is 2. The van der Waals surface area contributed by atoms with Crippen LogP contribution in [0.5, 0.6) is 0 Å². The van der Waals surface area contributed by atoms with Crippen LogP contribution < -0.4 is 11.1 Å². The van der Waals surface area contributed by atoms with E-state index in [0.29, 0.717) is 18.7 Å². The van der Waals surface area contributed by atoms with E-state index in [2.05, 4.69) is 11.4 Å². The summed E-state index contributed by atoms with van der Waals surface area (Å²) in [5, 5.41) is 12.3. The molecule has 2 amide bonds. The zero-order valence-electron chi connectivity index (χ0n) is 11.9. The Kier molecular flexibility index (Phi) is 4.43. The number of benzene rings is 1. The van der Waals surface area contributed by atoms with Gasteiger partial charge < -0.3 is 16.0 Å². The fraction of sp³-hybridized carbons (Fsp3) is 0.400. The minimum absolute atomic E-state index is 0.217. The number of nitrogens with zero attached hydrogens (tertiary/aromatic N) is 2. The third-order valence-corrected chi connectivity index (χ3v) is 3.72. The van der Waals surface area contributed by atoms with E-state index < -0.39 is 11.8 Å². The lowest BCUT2D eigenvalue weighted by Gasteiger charge is -2.32. The molecular weight excluding hydrogens is 268 g/mol. The van der Waals surface area contributed by atoms with E-state index in [-0.39, 0.29) is 6.04 Å². The predicted molar refractivity (Wildman–Crippen MR) is 78.3 cm³/mol. The second-order valence-corrected chi connectivity index (χ2v) is 5.22. The molecule has 0 bridgehead atoms. The van der Waals surface area contributed by atoms with E-state index in [1.165, 1.54) is 4.90 Å². The Morgan fingerprint density at radius 2 is 2.05 bits per heavy atom. The quantitative estimate of drug-likeness (QED) is 0.784. The van der Waals surface area contributed by atoms with Crippen LogP contribution in [0.15, 0.2) is 18.2 Å². The van der Waals surface area contributed by atoms with E-state index in [4.69, 9.17) is 11.0 Å². The molecule has 1 heterocycles. The van der Waals surface area contributed by atoms with Crippen molar-refractivity contribution in [3.63, 3.8) is 0 Å². The number of hydrogen-bond donors (Lipinski definition) is 2. The molecule has 1 aliphatic heterocycles. The maximum absolute atomic E-state index is 11.5. The molecule has 6 heteroatoms. The molecule has 0 radical (unpaired) electrons. The number of carbonyl (C=O) groups excluding carboxylic acids is 2. The van der Waals surface area contributed by atoms with Crippen LogP contribution in [0.25, 0.3) is 0 Å². The molecule has 3 N–H and O–H groups in total. The summed E-state index contributed by atoms with van der Waals surface area (Å²) in [5.74, 6) is -1.52. The molecule has 2 rings (SSSR count). The van der Waals surface area contributed by atoms with Crippen LogP contribution in [-0.4, -0.2) is 35.8 Å². The van der Waals surface area contributed by atoms with Gasteiger partial charge in [0.05, 0.1) is 11.6 Å². The van der Waals surface area contributed by atoms with Crippen molar-refractivity contribution >= 4 is 17.5 Å². The molecule has 1 saturated heterocycles. The van der Waals surface area contributed by atoms with E-state index >= 15 is 0 Å². The molecule has 0 atom stereocenters. The molecule has 0 saturated carbocycles. The molecule has 0 aromatic heterocycles. The van der Waals surface area contributed by atoms with Crippen molar-refractivity contribution in [1.82, 2.24) is 4.90 Å². The maximum atomic E-state index is 11.5. The zero-order chi connectivity index (χ0) is 15.4. The number of nitrogens with two attached hydrogens (primary N) is 1. The number of likely N-dealkylation sites (tertiary alicyclic amines) is 1. The average Bonchev–Trinajstić information content (AvgIpc) is 2.49. The van der Waals surface area contributed by atoms with Crippen LogP contribution in [0.2, 0.25) is 0 Å². The van der Waals surface area contributed by atoms with Crippen LogP contribution >= 0.6 is 0 Å². The molecule has 0 aliphatic carbocycles. The Hall–Kier alpha value is -2.55. The van der Waals surface area contributed by atoms with Gasteiger partial charge in [-0.25, -0.2) is 0 Å². The summed E-state index contributed by atoms with van der Waals surface area (Å²) in [5.41, 5.74) is 7.63. The highest BCUT2D eigenvalue weighted by atomic mass is 16.2. The third-order valence-electron chi connectivity index (χ3n) is 3.72. The van der Waals surface area contributed by atoms with Crippen LogP contribution in [0.1, 0.15) is 24.0 Å². The lowest BCUT2D eigenvalue weighted by Crippen LogP contribution is -2.47. The number of piperidine rings is 1. The van der Waals surface area contributed by atoms with E-state index in [9.17, 15) is 9.59 Å². The minimum Gasteiger partial charge on any atom is -0.382 e. The summed E-state index contributed by atoms with van der Waals surface area (Å²) in [6.45, 7) is 3.00. The molecule has 110 valence electrons. The van der Waals surface area contributed by atoms with Crippen molar-refractivity contribution in [2.24, 2.45) is 5.73 Å². The molecule has 6 nitrogen and oxygen atoms in total. The standard InChI is InChI=1S/C15H18N4O2/c1-10-2-3-11(9-16)8-13(10)18-12-4-6-19(7-5-12)15(21)14(17)20/h2-3,8,12,18H,4-7H2,1H3,(H2,17,20). The molecule has 0 spiro atoms. The Bertz CT molecular complexity index is 598. The average molecular weight is 286 g/mol. The van der Waals surface area contributed by atoms with Crippen molar-refractivity contribution in [1.29, 1.82) is 5.26 Å². The van der Waals surface area contributed by atoms with E-state index in [1.807, 2.05) is 19.1 Å². The fourth-order valence-electron chi connectivity index (χ4n) is 2.45. The lowest BCUT2D eigenvalue weighted by atomic mass is 10.0. The summed E-state index contributed by atoms with van der Waals surface area (Å²) >= 11 is 0. The highest BCUT2D eigenvalue weighted by molar-refractivity contribution is 6.34. The number of carbonyl (C=O) groups is 2. The van der Waals surface area contributed by atoms with Gasteiger partial charge in [-0.2, -0.15) is 5.26 Å². The SMILES string of the molecule is Cc1ccc(C#N)cc1NC1CCN(C(=O)C(N)=O)CC1. The van der Waals surface area contributed by atoms with Gasteiger partial charge in [0.2, 0.25) is 0 Å². The Balaban J connectivity index is 1.97. The monoisotopic (exact) mass is 286 g/mol. The number of rotatable bonds is 2. The first-order valence-corrected chi connectivity index (χ1v) is 6.87. The first-order chi connectivity index (χ1) is 10.0. The van der Waals surface area contributed by atoms with Gasteiger partial charge in [0.25, 0.3) is 0 Å². The Morgan fingerprint density at radius 1 is 1.38 bits per heavy atom. The van der Waals surface area contributed by atoms with Crippen molar-refractivity contribution in [3.05, 3.63) is 29.3 Å². The summed E-state index contributed by atoms with van der Waals surface area (Å²) in [7, 11) is 0. The van der Waals surface area contributed by atoms with Gasteiger partial charge in [-0.1, -0.05) is 6.07 Å². The van der Waals surface area contributed by atoms with Crippen LogP contribution in [0.4, 0.5) is 5.69 Å². The van der Waals surface area contributed by atoms with Crippen LogP contribution in [0, 0.1) is 18.3 Å². The minimum atomic E-state index is -0.904. The molecule has 1 aliphatic rings. The van der Waals surface area contributed by atoms with Gasteiger partial charge in [0.1, 0.15) is 0 Å². The van der Waals surface area contributed by atoms with Crippen molar-refractivity contribution in [2.45, 2.75) is 25.8 Å². The van der Waals surface area contributed by atoms with Crippen LogP contribution in [0.3, 0.4) is 0 Å². The van der Waals surface area contributed by atoms with Crippen molar-refractivity contribution < 1.29 is 9.59 Å². The second-order valence-electron chi connectivity index (χ2n) is 5.22. The van der Waals surface area contributed by atoms with Crippen molar-refractivity contribution in [2.75, 3.05) is 18.4 Å². The zero-order valence-corrected chi connectivity index (χ0v) is 11.9. The smallest absolute Gasteiger partial charge is 0.311 e. The highest BCUT2D eigenvalue weighted by Crippen LogP contribution is 2.21. The summed E-state index contributed by atoms with van der Waals surface area (Å²) in [6.07, 6.45) is 1.49. The molecular formula is C15H18N4O2. The predicted octanol–water partition coefficient (Wildman–Crippen LogP) is 0.755. The first-order valence-electron chi connectivity index (χ1n) is 6.87. The fourth-order valence-corrected chi connectivity index (χ4v) is 2.45.